The molecule has 0 bridgehead atoms. The van der Waals surface area contributed by atoms with Crippen molar-refractivity contribution in [3.05, 3.63) is 126 Å². The van der Waals surface area contributed by atoms with Gasteiger partial charge in [0.15, 0.2) is 11.6 Å². The summed E-state index contributed by atoms with van der Waals surface area (Å²) in [7, 11) is 0. The lowest BCUT2D eigenvalue weighted by Crippen LogP contribution is -2.28. The first-order chi connectivity index (χ1) is 26.9. The van der Waals surface area contributed by atoms with Crippen molar-refractivity contribution in [1.82, 2.24) is 49.7 Å². The fourth-order valence-electron chi connectivity index (χ4n) is 5.71. The maximum atomic E-state index is 13.0. The lowest BCUT2D eigenvalue weighted by atomic mass is 10.0. The van der Waals surface area contributed by atoms with Crippen molar-refractivity contribution < 1.29 is 9.59 Å². The molecule has 56 heavy (non-hydrogen) atoms. The van der Waals surface area contributed by atoms with E-state index in [0.717, 1.165) is 0 Å². The van der Waals surface area contributed by atoms with Gasteiger partial charge in [0.05, 0.1) is 22.7 Å². The molecule has 0 radical (unpaired) electrons. The fourth-order valence-corrected chi connectivity index (χ4v) is 6.14. The summed E-state index contributed by atoms with van der Waals surface area (Å²) in [6, 6.07) is 19.6. The van der Waals surface area contributed by atoms with E-state index in [1.165, 1.54) is 35.5 Å². The minimum Gasteiger partial charge on any atom is -0.334 e. The molecular formula is C37H32Cl2N12O5. The molecule has 0 saturated carbocycles. The fraction of sp³-hybridized carbons (Fsp3) is 0.162. The zero-order chi connectivity index (χ0) is 40.1. The number of carbonyl (C=O) groups is 2. The van der Waals surface area contributed by atoms with Crippen LogP contribution >= 0.6 is 23.2 Å². The van der Waals surface area contributed by atoms with E-state index in [1.807, 2.05) is 60.7 Å². The van der Waals surface area contributed by atoms with Crippen LogP contribution in [0.5, 0.6) is 0 Å². The van der Waals surface area contributed by atoms with Gasteiger partial charge in [0.2, 0.25) is 5.95 Å². The van der Waals surface area contributed by atoms with Crippen molar-refractivity contribution in [1.29, 1.82) is 0 Å². The van der Waals surface area contributed by atoms with Gasteiger partial charge < -0.3 is 10.6 Å². The Morgan fingerprint density at radius 1 is 0.714 bits per heavy atom. The number of ketones is 2. The normalized spacial score (nSPS) is 10.8. The molecule has 7 aromatic rings. The highest BCUT2D eigenvalue weighted by Gasteiger charge is 2.24. The number of halogens is 2. The standard InChI is InChI=1S/C19H17N7O3.C18H15Cl2N5O2/c1-3-26-18(28)15(21-16-12-9-20-24-17(12)23-19(29)22-16)13(10(2)27)14(25-26)11-7-5-4-6-8-11;1-3-25-17(27)16(23-18-21-12(19)9-13(20)22-18)14(10(2)26)15(24-25)11-7-5-4-6-8-11/h4-9H,3H2,1-2H3,(H3,20,21,22,23,24,29);4-9H,3H2,1-2H3,(H,21,22,23). The minimum atomic E-state index is -0.623. The Morgan fingerprint density at radius 2 is 1.20 bits per heavy atom. The van der Waals surface area contributed by atoms with Crippen LogP contribution in [0.15, 0.2) is 87.3 Å². The smallest absolute Gasteiger partial charge is 0.334 e. The number of benzene rings is 2. The Labute approximate surface area is 326 Å². The number of carbonyl (C=O) groups excluding carboxylic acids is 2. The Kier molecular flexibility index (Phi) is 11.6. The molecule has 4 N–H and O–H groups in total. The molecule has 0 aliphatic carbocycles. The third-order valence-corrected chi connectivity index (χ3v) is 8.58. The number of Topliss-reactive ketones (excluding diaryl/α,β-unsaturated/α-hetero) is 2. The molecule has 0 aliphatic rings. The molecule has 0 spiro atoms. The molecule has 17 nitrogen and oxygen atoms in total. The SMILES string of the molecule is CCn1nc(-c2ccccc2)c(C(C)=O)c(Nc2nc(=O)[nH]c3[nH]ncc23)c1=O.CCn1nc(-c2ccccc2)c(C(C)=O)c(Nc2nc(Cl)cc(Cl)n2)c1=O. The van der Waals surface area contributed by atoms with E-state index in [4.69, 9.17) is 23.2 Å². The van der Waals surface area contributed by atoms with Crippen molar-refractivity contribution in [3.63, 3.8) is 0 Å². The van der Waals surface area contributed by atoms with Crippen LogP contribution in [0, 0.1) is 0 Å². The summed E-state index contributed by atoms with van der Waals surface area (Å²) >= 11 is 11.8. The van der Waals surface area contributed by atoms with Gasteiger partial charge >= 0.3 is 5.69 Å². The van der Waals surface area contributed by atoms with Gasteiger partial charge in [-0.15, -0.1) is 0 Å². The van der Waals surface area contributed by atoms with E-state index in [0.29, 0.717) is 46.6 Å². The quantitative estimate of drug-likeness (QED) is 0.0948. The zero-order valence-corrected chi connectivity index (χ0v) is 31.7. The molecule has 0 fully saturated rings. The summed E-state index contributed by atoms with van der Waals surface area (Å²) < 4.78 is 2.53. The first-order valence-electron chi connectivity index (χ1n) is 17.0. The Balaban J connectivity index is 0.000000190. The van der Waals surface area contributed by atoms with Crippen LogP contribution in [0.25, 0.3) is 33.5 Å². The number of hydrogen-bond acceptors (Lipinski definition) is 13. The van der Waals surface area contributed by atoms with Crippen LogP contribution in [0.3, 0.4) is 0 Å². The lowest BCUT2D eigenvalue weighted by molar-refractivity contribution is 0.101. The Bertz CT molecular complexity index is 2760. The molecule has 0 amide bonds. The van der Waals surface area contributed by atoms with E-state index in [-0.39, 0.29) is 56.1 Å². The van der Waals surface area contributed by atoms with Crippen molar-refractivity contribution in [2.24, 2.45) is 0 Å². The summed E-state index contributed by atoms with van der Waals surface area (Å²) in [5.74, 6) is -0.533. The molecule has 19 heteroatoms. The number of rotatable bonds is 10. The highest BCUT2D eigenvalue weighted by atomic mass is 35.5. The topological polar surface area (TPSA) is 228 Å². The highest BCUT2D eigenvalue weighted by Crippen LogP contribution is 2.29. The number of nitrogens with zero attached hydrogens (tertiary/aromatic N) is 8. The number of nitrogens with one attached hydrogen (secondary N) is 4. The van der Waals surface area contributed by atoms with Gasteiger partial charge in [-0.25, -0.2) is 24.1 Å². The predicted molar refractivity (Wildman–Crippen MR) is 212 cm³/mol. The Hall–Kier alpha value is -6.85. The Morgan fingerprint density at radius 3 is 1.66 bits per heavy atom. The molecule has 2 aromatic carbocycles. The second-order valence-corrected chi connectivity index (χ2v) is 12.7. The van der Waals surface area contributed by atoms with Crippen LogP contribution < -0.4 is 27.4 Å². The number of fused-ring (bicyclic) bond motifs is 1. The average molecular weight is 796 g/mol. The maximum Gasteiger partial charge on any atom is 0.348 e. The number of hydrogen-bond donors (Lipinski definition) is 4. The van der Waals surface area contributed by atoms with Gasteiger partial charge in [-0.2, -0.15) is 20.3 Å². The number of anilines is 4. The average Bonchev–Trinajstić information content (AvgIpc) is 3.65. The number of aromatic nitrogens is 10. The van der Waals surface area contributed by atoms with E-state index < -0.39 is 16.8 Å². The molecule has 5 heterocycles. The first kappa shape index (κ1) is 38.9. The molecule has 7 rings (SSSR count). The summed E-state index contributed by atoms with van der Waals surface area (Å²) in [5, 5.41) is 21.7. The van der Waals surface area contributed by atoms with Crippen LogP contribution in [-0.2, 0) is 13.1 Å². The van der Waals surface area contributed by atoms with Crippen LogP contribution in [0.2, 0.25) is 10.3 Å². The minimum absolute atomic E-state index is 0.00815. The van der Waals surface area contributed by atoms with Crippen molar-refractivity contribution in [3.8, 4) is 22.5 Å². The van der Waals surface area contributed by atoms with Gasteiger partial charge in [-0.3, -0.25) is 29.3 Å². The van der Waals surface area contributed by atoms with Crippen LogP contribution in [0.4, 0.5) is 23.1 Å². The monoisotopic (exact) mass is 794 g/mol. The van der Waals surface area contributed by atoms with Gasteiger partial charge in [-0.1, -0.05) is 83.9 Å². The predicted octanol–water partition coefficient (Wildman–Crippen LogP) is 5.81. The molecule has 0 aliphatic heterocycles. The van der Waals surface area contributed by atoms with Crippen molar-refractivity contribution >= 4 is 68.9 Å². The van der Waals surface area contributed by atoms with E-state index in [2.05, 4.69) is 51.0 Å². The first-order valence-corrected chi connectivity index (χ1v) is 17.8. The summed E-state index contributed by atoms with van der Waals surface area (Å²) in [6.07, 6.45) is 1.46. The second-order valence-electron chi connectivity index (χ2n) is 11.9. The van der Waals surface area contributed by atoms with Gasteiger partial charge in [0, 0.05) is 30.3 Å². The molecule has 0 saturated heterocycles. The highest BCUT2D eigenvalue weighted by molar-refractivity contribution is 6.33. The molecular weight excluding hydrogens is 763 g/mol. The zero-order valence-electron chi connectivity index (χ0n) is 30.2. The number of H-pyrrole nitrogens is 2. The van der Waals surface area contributed by atoms with Gasteiger partial charge in [0.25, 0.3) is 11.1 Å². The molecule has 5 aromatic heterocycles. The van der Waals surface area contributed by atoms with Crippen molar-refractivity contribution in [2.75, 3.05) is 10.6 Å². The molecule has 0 unspecified atom stereocenters. The number of aryl methyl sites for hydroxylation is 2. The summed E-state index contributed by atoms with van der Waals surface area (Å²) in [4.78, 5) is 77.2. The second kappa shape index (κ2) is 16.7. The van der Waals surface area contributed by atoms with Crippen molar-refractivity contribution in [2.45, 2.75) is 40.8 Å². The maximum absolute atomic E-state index is 13.0. The molecule has 284 valence electrons. The summed E-state index contributed by atoms with van der Waals surface area (Å²) in [5.41, 5.74) is 1.24. The van der Waals surface area contributed by atoms with Crippen LogP contribution in [0.1, 0.15) is 48.4 Å². The van der Waals surface area contributed by atoms with E-state index in [9.17, 15) is 24.0 Å². The van der Waals surface area contributed by atoms with E-state index in [1.54, 1.807) is 13.8 Å². The third kappa shape index (κ3) is 8.13. The van der Waals surface area contributed by atoms with Crippen LogP contribution in [-0.4, -0.2) is 61.3 Å². The number of aromatic amines is 2. The lowest BCUT2D eigenvalue weighted by Gasteiger charge is -2.15. The molecule has 0 atom stereocenters. The summed E-state index contributed by atoms with van der Waals surface area (Å²) in [6.45, 7) is 6.92. The largest absolute Gasteiger partial charge is 0.348 e. The van der Waals surface area contributed by atoms with Gasteiger partial charge in [0.1, 0.15) is 44.5 Å². The third-order valence-electron chi connectivity index (χ3n) is 8.19. The van der Waals surface area contributed by atoms with E-state index >= 15 is 0 Å². The van der Waals surface area contributed by atoms with Gasteiger partial charge in [-0.05, 0) is 27.7 Å².